The summed E-state index contributed by atoms with van der Waals surface area (Å²) in [7, 11) is 0. The number of carbonyl (C=O) groups is 1. The van der Waals surface area contributed by atoms with Gasteiger partial charge >= 0.3 is 0 Å². The summed E-state index contributed by atoms with van der Waals surface area (Å²) in [5.41, 5.74) is 6.44. The first kappa shape index (κ1) is 27.7. The molecule has 4 aromatic rings. The van der Waals surface area contributed by atoms with Gasteiger partial charge in [0, 0.05) is 47.8 Å². The van der Waals surface area contributed by atoms with Crippen LogP contribution >= 0.6 is 11.6 Å². The molecular formula is C32H36ClN5O3. The highest BCUT2D eigenvalue weighted by atomic mass is 35.5. The standard InChI is InChI=1S/C32H36ClN5O3/c1-20-13-21(2)36-32(40)27(20)17-34-31(39)26-14-24(16-30-28(26)18-35-38(30)25-5-3-4-6-25)22-7-8-23(29(33)15-22)19-37-9-11-41-12-10-37/h7-8,13-16,18,25H,3-6,9-12,17,19H2,1-2H3,(H,34,39)(H,36,40). The zero-order valence-electron chi connectivity index (χ0n) is 23.6. The van der Waals surface area contributed by atoms with E-state index in [2.05, 4.69) is 38.1 Å². The first-order chi connectivity index (χ1) is 19.9. The number of fused-ring (bicyclic) bond motifs is 1. The average molecular weight is 574 g/mol. The number of halogens is 1. The van der Waals surface area contributed by atoms with Crippen LogP contribution in [0.25, 0.3) is 22.0 Å². The maximum Gasteiger partial charge on any atom is 0.253 e. The Morgan fingerprint density at radius 1 is 1.10 bits per heavy atom. The molecule has 1 saturated heterocycles. The fraction of sp³-hybridized carbons (Fsp3) is 0.406. The molecule has 6 rings (SSSR count). The van der Waals surface area contributed by atoms with Gasteiger partial charge in [0.2, 0.25) is 0 Å². The van der Waals surface area contributed by atoms with Crippen molar-refractivity contribution in [3.8, 4) is 11.1 Å². The molecule has 2 fully saturated rings. The van der Waals surface area contributed by atoms with Crippen LogP contribution in [0.15, 0.2) is 47.4 Å². The van der Waals surface area contributed by atoms with Crippen LogP contribution in [0.5, 0.6) is 0 Å². The Kier molecular flexibility index (Phi) is 7.97. The van der Waals surface area contributed by atoms with Crippen LogP contribution in [0.3, 0.4) is 0 Å². The molecule has 1 amide bonds. The van der Waals surface area contributed by atoms with E-state index in [1.807, 2.05) is 32.0 Å². The van der Waals surface area contributed by atoms with E-state index in [0.717, 1.165) is 84.5 Å². The van der Waals surface area contributed by atoms with E-state index in [-0.39, 0.29) is 18.0 Å². The molecule has 1 aliphatic carbocycles. The number of amides is 1. The van der Waals surface area contributed by atoms with Gasteiger partial charge in [-0.2, -0.15) is 5.10 Å². The van der Waals surface area contributed by atoms with E-state index in [1.165, 1.54) is 12.8 Å². The second-order valence-corrected chi connectivity index (χ2v) is 11.7. The number of rotatable bonds is 7. The molecule has 8 nitrogen and oxygen atoms in total. The third kappa shape index (κ3) is 5.82. The maximum atomic E-state index is 13.7. The molecule has 2 aromatic carbocycles. The van der Waals surface area contributed by atoms with Gasteiger partial charge in [0.1, 0.15) is 0 Å². The van der Waals surface area contributed by atoms with Gasteiger partial charge in [-0.1, -0.05) is 36.6 Å². The number of carbonyl (C=O) groups excluding carboxylic acids is 1. The predicted molar refractivity (Wildman–Crippen MR) is 161 cm³/mol. The number of morpholine rings is 1. The Morgan fingerprint density at radius 3 is 2.61 bits per heavy atom. The van der Waals surface area contributed by atoms with Gasteiger partial charge in [0.05, 0.1) is 36.5 Å². The summed E-state index contributed by atoms with van der Waals surface area (Å²) in [4.78, 5) is 31.4. The zero-order valence-corrected chi connectivity index (χ0v) is 24.4. The van der Waals surface area contributed by atoms with Crippen molar-refractivity contribution in [3.63, 3.8) is 0 Å². The molecule has 2 N–H and O–H groups in total. The van der Waals surface area contributed by atoms with E-state index in [1.54, 1.807) is 6.20 Å². The lowest BCUT2D eigenvalue weighted by molar-refractivity contribution is 0.0342. The van der Waals surface area contributed by atoms with E-state index >= 15 is 0 Å². The zero-order chi connectivity index (χ0) is 28.5. The van der Waals surface area contributed by atoms with Crippen LogP contribution in [-0.2, 0) is 17.8 Å². The third-order valence-corrected chi connectivity index (χ3v) is 8.79. The summed E-state index contributed by atoms with van der Waals surface area (Å²) < 4.78 is 7.57. The Labute approximate surface area is 244 Å². The lowest BCUT2D eigenvalue weighted by atomic mass is 9.98. The van der Waals surface area contributed by atoms with Gasteiger partial charge in [-0.25, -0.2) is 0 Å². The molecule has 214 valence electrons. The van der Waals surface area contributed by atoms with Crippen molar-refractivity contribution in [1.29, 1.82) is 0 Å². The van der Waals surface area contributed by atoms with Crippen molar-refractivity contribution in [2.45, 2.75) is 58.7 Å². The van der Waals surface area contributed by atoms with Gasteiger partial charge in [-0.05, 0) is 73.2 Å². The van der Waals surface area contributed by atoms with Gasteiger partial charge in [0.15, 0.2) is 0 Å². The second kappa shape index (κ2) is 11.8. The number of benzene rings is 2. The van der Waals surface area contributed by atoms with Crippen LogP contribution in [0.1, 0.15) is 64.5 Å². The minimum absolute atomic E-state index is 0.144. The van der Waals surface area contributed by atoms with Crippen LogP contribution in [0, 0.1) is 13.8 Å². The summed E-state index contributed by atoms with van der Waals surface area (Å²) in [6.07, 6.45) is 6.34. The van der Waals surface area contributed by atoms with Crippen molar-refractivity contribution in [3.05, 3.63) is 85.9 Å². The third-order valence-electron chi connectivity index (χ3n) is 8.44. The lowest BCUT2D eigenvalue weighted by Crippen LogP contribution is -2.35. The first-order valence-electron chi connectivity index (χ1n) is 14.4. The Morgan fingerprint density at radius 2 is 1.88 bits per heavy atom. The van der Waals surface area contributed by atoms with E-state index in [4.69, 9.17) is 21.4 Å². The summed E-state index contributed by atoms with van der Waals surface area (Å²) in [5.74, 6) is -0.239. The molecule has 2 aliphatic rings. The molecule has 41 heavy (non-hydrogen) atoms. The van der Waals surface area contributed by atoms with Crippen molar-refractivity contribution in [1.82, 2.24) is 25.0 Å². The fourth-order valence-corrected chi connectivity index (χ4v) is 6.40. The Balaban J connectivity index is 1.35. The van der Waals surface area contributed by atoms with Gasteiger partial charge in [-0.15, -0.1) is 0 Å². The second-order valence-electron chi connectivity index (χ2n) is 11.3. The molecular weight excluding hydrogens is 538 g/mol. The van der Waals surface area contributed by atoms with Gasteiger partial charge < -0.3 is 15.0 Å². The monoisotopic (exact) mass is 573 g/mol. The van der Waals surface area contributed by atoms with Crippen molar-refractivity contribution in [2.24, 2.45) is 0 Å². The summed E-state index contributed by atoms with van der Waals surface area (Å²) in [6.45, 7) is 7.94. The highest BCUT2D eigenvalue weighted by molar-refractivity contribution is 6.31. The van der Waals surface area contributed by atoms with Gasteiger partial charge in [0.25, 0.3) is 11.5 Å². The van der Waals surface area contributed by atoms with Crippen molar-refractivity contribution >= 4 is 28.4 Å². The fourth-order valence-electron chi connectivity index (χ4n) is 6.16. The SMILES string of the molecule is Cc1cc(C)c(CNC(=O)c2cc(-c3ccc(CN4CCOCC4)c(Cl)c3)cc3c2cnn3C2CCCC2)c(=O)[nH]1. The number of pyridine rings is 1. The smallest absolute Gasteiger partial charge is 0.253 e. The lowest BCUT2D eigenvalue weighted by Gasteiger charge is -2.27. The van der Waals surface area contributed by atoms with Crippen LogP contribution in [-0.4, -0.2) is 51.9 Å². The molecule has 0 unspecified atom stereocenters. The summed E-state index contributed by atoms with van der Waals surface area (Å²) >= 11 is 6.80. The maximum absolute atomic E-state index is 13.7. The Bertz CT molecular complexity index is 1650. The summed E-state index contributed by atoms with van der Waals surface area (Å²) in [5, 5.41) is 9.26. The highest BCUT2D eigenvalue weighted by Crippen LogP contribution is 2.35. The van der Waals surface area contributed by atoms with Crippen molar-refractivity contribution in [2.75, 3.05) is 26.3 Å². The molecule has 0 bridgehead atoms. The number of nitrogens with zero attached hydrogens (tertiary/aromatic N) is 3. The quantitative estimate of drug-likeness (QED) is 0.303. The van der Waals surface area contributed by atoms with Crippen molar-refractivity contribution < 1.29 is 9.53 Å². The topological polar surface area (TPSA) is 92.2 Å². The average Bonchev–Trinajstić information content (AvgIpc) is 3.63. The summed E-state index contributed by atoms with van der Waals surface area (Å²) in [6, 6.07) is 12.4. The van der Waals surface area contributed by atoms with E-state index < -0.39 is 0 Å². The van der Waals surface area contributed by atoms with Crippen LogP contribution < -0.4 is 10.9 Å². The number of H-pyrrole nitrogens is 1. The van der Waals surface area contributed by atoms with Crippen LogP contribution in [0.4, 0.5) is 0 Å². The number of aryl methyl sites for hydroxylation is 2. The molecule has 9 heteroatoms. The minimum Gasteiger partial charge on any atom is -0.379 e. The molecule has 2 aromatic heterocycles. The molecule has 1 saturated carbocycles. The number of hydrogen-bond donors (Lipinski definition) is 2. The minimum atomic E-state index is -0.239. The van der Waals surface area contributed by atoms with Crippen LogP contribution in [0.2, 0.25) is 5.02 Å². The molecule has 0 atom stereocenters. The first-order valence-corrected chi connectivity index (χ1v) is 14.8. The molecule has 3 heterocycles. The molecule has 0 spiro atoms. The highest BCUT2D eigenvalue weighted by Gasteiger charge is 2.23. The van der Waals surface area contributed by atoms with Gasteiger partial charge in [-0.3, -0.25) is 19.2 Å². The number of aromatic amines is 1. The number of nitrogens with one attached hydrogen (secondary N) is 2. The number of aromatic nitrogens is 3. The predicted octanol–water partition coefficient (Wildman–Crippen LogP) is 5.54. The largest absolute Gasteiger partial charge is 0.379 e. The van der Waals surface area contributed by atoms with E-state index in [9.17, 15) is 9.59 Å². The number of ether oxygens (including phenoxy) is 1. The number of hydrogen-bond acceptors (Lipinski definition) is 5. The molecule has 0 radical (unpaired) electrons. The molecule has 1 aliphatic heterocycles. The normalized spacial score (nSPS) is 16.5. The Hall–Kier alpha value is -3.46. The van der Waals surface area contributed by atoms with E-state index in [0.29, 0.717) is 22.2 Å².